The van der Waals surface area contributed by atoms with Gasteiger partial charge in [0.25, 0.3) is 21.6 Å². The third kappa shape index (κ3) is 10.2. The van der Waals surface area contributed by atoms with E-state index in [2.05, 4.69) is 55.8 Å². The molecule has 2 aliphatic heterocycles. The number of anilines is 2. The molecule has 0 saturated carbocycles. The lowest BCUT2D eigenvalue weighted by atomic mass is 9.72. The number of hydrogen-bond acceptors (Lipinski definition) is 11. The van der Waals surface area contributed by atoms with E-state index in [-0.39, 0.29) is 28.3 Å². The summed E-state index contributed by atoms with van der Waals surface area (Å²) in [5.41, 5.74) is 5.56. The Morgan fingerprint density at radius 3 is 2.63 bits per heavy atom. The summed E-state index contributed by atoms with van der Waals surface area (Å²) in [7, 11) is -4.56. The number of nitrogens with one attached hydrogen (secondary N) is 3. The number of aromatic amines is 1. The number of H-pyrrole nitrogens is 1. The first-order valence-electron chi connectivity index (χ1n) is 21.2. The maximum atomic E-state index is 13.9. The number of carbonyl (C=O) groups is 1. The van der Waals surface area contributed by atoms with Crippen LogP contribution in [-0.2, 0) is 14.8 Å². The molecule has 2 aromatic heterocycles. The molecule has 3 aliphatic rings. The Morgan fingerprint density at radius 1 is 1.03 bits per heavy atom. The van der Waals surface area contributed by atoms with Crippen LogP contribution in [0.3, 0.4) is 0 Å². The van der Waals surface area contributed by atoms with Crippen LogP contribution in [-0.4, -0.2) is 86.6 Å². The minimum absolute atomic E-state index is 0.0350. The van der Waals surface area contributed by atoms with Gasteiger partial charge in [0, 0.05) is 86.9 Å². The van der Waals surface area contributed by atoms with Gasteiger partial charge in [-0.3, -0.25) is 19.8 Å². The van der Waals surface area contributed by atoms with E-state index in [0.717, 1.165) is 93.4 Å². The Labute approximate surface area is 366 Å². The molecule has 4 heterocycles. The molecule has 3 aromatic carbocycles. The van der Waals surface area contributed by atoms with Gasteiger partial charge in [0.2, 0.25) is 0 Å². The van der Waals surface area contributed by atoms with Gasteiger partial charge in [-0.25, -0.2) is 18.1 Å². The molecule has 3 N–H and O–H groups in total. The van der Waals surface area contributed by atoms with Crippen molar-refractivity contribution in [1.82, 2.24) is 19.6 Å². The molecule has 2 fully saturated rings. The van der Waals surface area contributed by atoms with Gasteiger partial charge in [-0.1, -0.05) is 43.2 Å². The number of amides is 1. The molecular formula is C46H52ClN7O7S. The molecule has 8 rings (SSSR count). The van der Waals surface area contributed by atoms with E-state index < -0.39 is 31.4 Å². The molecule has 326 valence electrons. The SMILES string of the molecule is CC1(C)CCC(CN2CCN(c3ccc(C(=O)NS(=O)(=O)c4ccc(NC[C@@H]5CCCOCC5)c([N+](=O)[O-])c4)c(Oc4cnc5[nH]ccc5c4)c3)CC2)=C(c2ccc(Cl)cc2)C1. The van der Waals surface area contributed by atoms with Crippen LogP contribution in [0.4, 0.5) is 17.1 Å². The number of nitrogens with zero attached hydrogens (tertiary/aromatic N) is 4. The van der Waals surface area contributed by atoms with E-state index in [1.807, 2.05) is 18.2 Å². The number of piperazine rings is 1. The Kier molecular flexibility index (Phi) is 12.9. The van der Waals surface area contributed by atoms with E-state index in [1.165, 1.54) is 35.0 Å². The minimum Gasteiger partial charge on any atom is -0.455 e. The number of benzene rings is 3. The lowest BCUT2D eigenvalue weighted by molar-refractivity contribution is -0.384. The van der Waals surface area contributed by atoms with Gasteiger partial charge >= 0.3 is 0 Å². The number of carbonyl (C=O) groups excluding carboxylic acids is 1. The first-order valence-corrected chi connectivity index (χ1v) is 23.0. The molecular weight excluding hydrogens is 830 g/mol. The molecule has 5 aromatic rings. The zero-order chi connectivity index (χ0) is 43.4. The Balaban J connectivity index is 1.000. The van der Waals surface area contributed by atoms with E-state index in [0.29, 0.717) is 31.2 Å². The molecule has 62 heavy (non-hydrogen) atoms. The predicted octanol–water partition coefficient (Wildman–Crippen LogP) is 9.05. The average molecular weight is 882 g/mol. The third-order valence-electron chi connectivity index (χ3n) is 12.2. The second-order valence-electron chi connectivity index (χ2n) is 17.2. The lowest BCUT2D eigenvalue weighted by Gasteiger charge is -2.39. The summed E-state index contributed by atoms with van der Waals surface area (Å²) in [6.07, 6.45) is 9.13. The number of nitro benzene ring substituents is 1. The third-order valence-corrected chi connectivity index (χ3v) is 13.8. The summed E-state index contributed by atoms with van der Waals surface area (Å²) in [6.45, 7) is 10.4. The van der Waals surface area contributed by atoms with Gasteiger partial charge in [-0.05, 0) is 110 Å². The van der Waals surface area contributed by atoms with Crippen LogP contribution < -0.4 is 19.7 Å². The zero-order valence-electron chi connectivity index (χ0n) is 35.0. The molecule has 14 nitrogen and oxygen atoms in total. The van der Waals surface area contributed by atoms with Crippen LogP contribution in [0.5, 0.6) is 11.5 Å². The fourth-order valence-corrected chi connectivity index (χ4v) is 9.74. The molecule has 1 amide bonds. The first-order chi connectivity index (χ1) is 29.8. The molecule has 0 radical (unpaired) electrons. The zero-order valence-corrected chi connectivity index (χ0v) is 36.6. The van der Waals surface area contributed by atoms with Crippen molar-refractivity contribution in [3.63, 3.8) is 0 Å². The maximum Gasteiger partial charge on any atom is 0.293 e. The first kappa shape index (κ1) is 43.2. The number of aromatic nitrogens is 2. The topological polar surface area (TPSA) is 172 Å². The van der Waals surface area contributed by atoms with Crippen LogP contribution in [0.25, 0.3) is 16.6 Å². The molecule has 0 unspecified atom stereocenters. The van der Waals surface area contributed by atoms with Crippen molar-refractivity contribution in [2.24, 2.45) is 11.3 Å². The molecule has 2 saturated heterocycles. The molecule has 1 aliphatic carbocycles. The van der Waals surface area contributed by atoms with Crippen LogP contribution in [0.2, 0.25) is 5.02 Å². The summed E-state index contributed by atoms with van der Waals surface area (Å²) in [5, 5.41) is 16.8. The highest BCUT2D eigenvalue weighted by Gasteiger charge is 2.31. The van der Waals surface area contributed by atoms with Crippen molar-refractivity contribution in [2.75, 3.05) is 62.7 Å². The van der Waals surface area contributed by atoms with Gasteiger partial charge in [-0.15, -0.1) is 0 Å². The summed E-state index contributed by atoms with van der Waals surface area (Å²) in [4.78, 5) is 37.2. The minimum atomic E-state index is -4.56. The van der Waals surface area contributed by atoms with Gasteiger partial charge in [0.1, 0.15) is 22.8 Å². The van der Waals surface area contributed by atoms with Crippen molar-refractivity contribution in [2.45, 2.75) is 57.3 Å². The largest absolute Gasteiger partial charge is 0.455 e. The molecule has 1 atom stereocenters. The number of ether oxygens (including phenoxy) is 2. The number of fused-ring (bicyclic) bond motifs is 1. The van der Waals surface area contributed by atoms with Crippen molar-refractivity contribution >= 4 is 61.2 Å². The van der Waals surface area contributed by atoms with Crippen LogP contribution >= 0.6 is 11.6 Å². The fourth-order valence-electron chi connectivity index (χ4n) is 8.62. The van der Waals surface area contributed by atoms with Crippen molar-refractivity contribution in [3.05, 3.63) is 117 Å². The highest BCUT2D eigenvalue weighted by Crippen LogP contribution is 2.43. The van der Waals surface area contributed by atoms with E-state index in [4.69, 9.17) is 21.1 Å². The average Bonchev–Trinajstić information content (AvgIpc) is 3.56. The lowest BCUT2D eigenvalue weighted by Crippen LogP contribution is -2.47. The normalized spacial score (nSPS) is 18.6. The number of nitro groups is 1. The van der Waals surface area contributed by atoms with E-state index in [9.17, 15) is 23.3 Å². The van der Waals surface area contributed by atoms with Crippen molar-refractivity contribution in [1.29, 1.82) is 0 Å². The van der Waals surface area contributed by atoms with E-state index in [1.54, 1.807) is 30.5 Å². The highest BCUT2D eigenvalue weighted by molar-refractivity contribution is 7.90. The van der Waals surface area contributed by atoms with Gasteiger partial charge in [0.15, 0.2) is 0 Å². The Hall–Kier alpha value is -5.48. The van der Waals surface area contributed by atoms with Crippen molar-refractivity contribution in [3.8, 4) is 11.5 Å². The fraction of sp³-hybridized carbons (Fsp3) is 0.391. The number of pyridine rings is 1. The van der Waals surface area contributed by atoms with Gasteiger partial charge in [0.05, 0.1) is 21.6 Å². The number of hydrogen-bond donors (Lipinski definition) is 3. The maximum absolute atomic E-state index is 13.9. The van der Waals surface area contributed by atoms with Gasteiger partial charge in [-0.2, -0.15) is 0 Å². The number of rotatable bonds is 13. The summed E-state index contributed by atoms with van der Waals surface area (Å²) in [5.74, 6) is -0.203. The summed E-state index contributed by atoms with van der Waals surface area (Å²) in [6, 6.07) is 20.5. The molecule has 16 heteroatoms. The number of halogens is 1. The van der Waals surface area contributed by atoms with Crippen molar-refractivity contribution < 1.29 is 27.6 Å². The standard InChI is InChI=1S/C46H52ClN7O7S/c1-46(2)16-13-34(40(27-46)32-5-7-35(47)8-6-32)30-52-18-20-53(21-19-52)36-9-11-39(43(25-36)61-37-24-33-14-17-48-44(33)50-29-37)45(55)51-62(58,59)38-10-12-41(42(26-38)54(56)57)49-28-31-4-3-22-60-23-15-31/h5-12,14,17,24-26,29,31,49H,3-4,13,15-16,18-23,27-28,30H2,1-2H3,(H,48,50)(H,51,55)/t31-/m1/s1. The molecule has 0 bridgehead atoms. The Morgan fingerprint density at radius 2 is 1.84 bits per heavy atom. The van der Waals surface area contributed by atoms with Gasteiger partial charge < -0.3 is 24.7 Å². The van der Waals surface area contributed by atoms with E-state index >= 15 is 0 Å². The smallest absolute Gasteiger partial charge is 0.293 e. The second-order valence-corrected chi connectivity index (χ2v) is 19.3. The van der Waals surface area contributed by atoms with Crippen LogP contribution in [0.15, 0.2) is 95.7 Å². The number of allylic oxidation sites excluding steroid dienone is 1. The quantitative estimate of drug-likeness (QED) is 0.0761. The Bertz CT molecular complexity index is 2580. The number of sulfonamides is 1. The summed E-state index contributed by atoms with van der Waals surface area (Å²) >= 11 is 6.24. The molecule has 0 spiro atoms. The monoisotopic (exact) mass is 881 g/mol. The summed E-state index contributed by atoms with van der Waals surface area (Å²) < 4.78 is 41.4. The second kappa shape index (κ2) is 18.5. The van der Waals surface area contributed by atoms with Crippen LogP contribution in [0, 0.1) is 21.4 Å². The predicted molar refractivity (Wildman–Crippen MR) is 242 cm³/mol. The van der Waals surface area contributed by atoms with Crippen LogP contribution in [0.1, 0.15) is 68.3 Å². The highest BCUT2D eigenvalue weighted by atomic mass is 35.5.